The molecule has 0 radical (unpaired) electrons. The van der Waals surface area contributed by atoms with Crippen LogP contribution in [0.15, 0.2) is 30.3 Å². The first-order valence-corrected chi connectivity index (χ1v) is 6.42. The summed E-state index contributed by atoms with van der Waals surface area (Å²) in [5, 5.41) is 1.06. The number of benzene rings is 1. The van der Waals surface area contributed by atoms with Crippen LogP contribution in [-0.4, -0.2) is 51.2 Å². The fourth-order valence-corrected chi connectivity index (χ4v) is 1.82. The van der Waals surface area contributed by atoms with Gasteiger partial charge in [0, 0.05) is 32.1 Å². The molecule has 0 saturated carbocycles. The molecule has 0 saturated heterocycles. The summed E-state index contributed by atoms with van der Waals surface area (Å²) >= 11 is 0. The van der Waals surface area contributed by atoms with Gasteiger partial charge in [-0.3, -0.25) is 0 Å². The Kier molecular flexibility index (Phi) is 4.22. The number of nitrogens with zero attached hydrogens (tertiary/aromatic N) is 3. The highest BCUT2D eigenvalue weighted by atomic mass is 16.5. The zero-order chi connectivity index (χ0) is 13.8. The Morgan fingerprint density at radius 2 is 1.84 bits per heavy atom. The van der Waals surface area contributed by atoms with Gasteiger partial charge in [0.15, 0.2) is 0 Å². The van der Waals surface area contributed by atoms with E-state index >= 15 is 0 Å². The summed E-state index contributed by atoms with van der Waals surface area (Å²) in [6, 6.07) is 10.1. The molecule has 2 aromatic rings. The van der Waals surface area contributed by atoms with Crippen LogP contribution in [0.25, 0.3) is 10.9 Å². The molecule has 0 fully saturated rings. The van der Waals surface area contributed by atoms with Crippen molar-refractivity contribution in [3.05, 3.63) is 30.3 Å². The number of hydrogen-bond acceptors (Lipinski definition) is 4. The average molecular weight is 259 g/mol. The second-order valence-corrected chi connectivity index (χ2v) is 5.04. The van der Waals surface area contributed by atoms with Crippen molar-refractivity contribution in [1.82, 2.24) is 9.88 Å². The third kappa shape index (κ3) is 3.35. The lowest BCUT2D eigenvalue weighted by molar-refractivity contribution is 0.263. The molecule has 0 aliphatic heterocycles. The molecule has 2 rings (SSSR count). The van der Waals surface area contributed by atoms with Crippen molar-refractivity contribution in [3.8, 4) is 5.75 Å². The van der Waals surface area contributed by atoms with Gasteiger partial charge in [-0.2, -0.15) is 0 Å². The summed E-state index contributed by atoms with van der Waals surface area (Å²) in [6.07, 6.45) is 0. The summed E-state index contributed by atoms with van der Waals surface area (Å²) in [4.78, 5) is 8.71. The summed E-state index contributed by atoms with van der Waals surface area (Å²) in [7, 11) is 8.06. The van der Waals surface area contributed by atoms with E-state index in [4.69, 9.17) is 4.74 Å². The summed E-state index contributed by atoms with van der Waals surface area (Å²) in [6.45, 7) is 1.57. The predicted molar refractivity (Wildman–Crippen MR) is 80.1 cm³/mol. The van der Waals surface area contributed by atoms with E-state index in [0.29, 0.717) is 6.61 Å². The van der Waals surface area contributed by atoms with Crippen LogP contribution in [0.1, 0.15) is 0 Å². The lowest BCUT2D eigenvalue weighted by atomic mass is 10.2. The van der Waals surface area contributed by atoms with Crippen molar-refractivity contribution >= 4 is 16.7 Å². The van der Waals surface area contributed by atoms with E-state index in [-0.39, 0.29) is 0 Å². The van der Waals surface area contributed by atoms with Gasteiger partial charge in [0.2, 0.25) is 0 Å². The van der Waals surface area contributed by atoms with Crippen molar-refractivity contribution in [2.24, 2.45) is 0 Å². The number of likely N-dealkylation sites (N-methyl/N-ethyl adjacent to an activating group) is 1. The predicted octanol–water partition coefficient (Wildman–Crippen LogP) is 2.24. The van der Waals surface area contributed by atoms with Crippen molar-refractivity contribution in [1.29, 1.82) is 0 Å². The molecule has 0 aliphatic rings. The normalized spacial score (nSPS) is 11.0. The van der Waals surface area contributed by atoms with E-state index in [9.17, 15) is 0 Å². The van der Waals surface area contributed by atoms with Crippen LogP contribution in [0.2, 0.25) is 0 Å². The second-order valence-electron chi connectivity index (χ2n) is 5.04. The molecule has 0 aliphatic carbocycles. The van der Waals surface area contributed by atoms with Gasteiger partial charge in [-0.1, -0.05) is 12.1 Å². The van der Waals surface area contributed by atoms with Crippen LogP contribution in [0.4, 0.5) is 5.82 Å². The summed E-state index contributed by atoms with van der Waals surface area (Å²) in [5.74, 6) is 1.81. The number of rotatable bonds is 5. The lowest BCUT2D eigenvalue weighted by Gasteiger charge is -2.16. The molecule has 0 bridgehead atoms. The van der Waals surface area contributed by atoms with Gasteiger partial charge >= 0.3 is 0 Å². The highest BCUT2D eigenvalue weighted by molar-refractivity contribution is 5.86. The van der Waals surface area contributed by atoms with Gasteiger partial charge in [-0.05, 0) is 26.2 Å². The lowest BCUT2D eigenvalue weighted by Crippen LogP contribution is -2.19. The fraction of sp³-hybridized carbons (Fsp3) is 0.400. The first-order valence-electron chi connectivity index (χ1n) is 6.42. The molecule has 0 unspecified atom stereocenters. The minimum atomic E-state index is 0.674. The zero-order valence-corrected chi connectivity index (χ0v) is 12.1. The molecule has 0 N–H and O–H groups in total. The molecule has 19 heavy (non-hydrogen) atoms. The highest BCUT2D eigenvalue weighted by Gasteiger charge is 2.08. The average Bonchev–Trinajstić information content (AvgIpc) is 2.38. The quantitative estimate of drug-likeness (QED) is 0.823. The van der Waals surface area contributed by atoms with Gasteiger partial charge in [-0.15, -0.1) is 0 Å². The third-order valence-electron chi connectivity index (χ3n) is 2.92. The maximum absolute atomic E-state index is 5.91. The van der Waals surface area contributed by atoms with Gasteiger partial charge in [-0.25, -0.2) is 4.98 Å². The van der Waals surface area contributed by atoms with Crippen LogP contribution < -0.4 is 9.64 Å². The first kappa shape index (κ1) is 13.6. The maximum Gasteiger partial charge on any atom is 0.132 e. The first-order chi connectivity index (χ1) is 9.08. The smallest absolute Gasteiger partial charge is 0.132 e. The number of fused-ring (bicyclic) bond motifs is 1. The fourth-order valence-electron chi connectivity index (χ4n) is 1.82. The minimum Gasteiger partial charge on any atom is -0.491 e. The summed E-state index contributed by atoms with van der Waals surface area (Å²) < 4.78 is 5.91. The van der Waals surface area contributed by atoms with Gasteiger partial charge < -0.3 is 14.5 Å². The number of aromatic nitrogens is 1. The Morgan fingerprint density at radius 3 is 2.53 bits per heavy atom. The molecule has 1 aromatic carbocycles. The van der Waals surface area contributed by atoms with E-state index in [1.165, 1.54) is 0 Å². The Morgan fingerprint density at radius 1 is 1.11 bits per heavy atom. The van der Waals surface area contributed by atoms with Gasteiger partial charge in [0.1, 0.15) is 18.2 Å². The number of ether oxygens (including phenoxy) is 1. The van der Waals surface area contributed by atoms with Gasteiger partial charge in [0.25, 0.3) is 0 Å². The van der Waals surface area contributed by atoms with E-state index < -0.39 is 0 Å². The molecular formula is C15H21N3O. The number of hydrogen-bond donors (Lipinski definition) is 0. The zero-order valence-electron chi connectivity index (χ0n) is 12.1. The maximum atomic E-state index is 5.91. The molecule has 1 aromatic heterocycles. The standard InChI is InChI=1S/C15H21N3O/c1-17(2)9-10-19-14-11-15(18(3)4)16-13-8-6-5-7-12(13)14/h5-8,11H,9-10H2,1-4H3. The molecule has 0 atom stereocenters. The van der Waals surface area contributed by atoms with E-state index in [0.717, 1.165) is 29.0 Å². The van der Waals surface area contributed by atoms with Crippen LogP contribution in [0.3, 0.4) is 0 Å². The molecule has 4 heteroatoms. The summed E-state index contributed by atoms with van der Waals surface area (Å²) in [5.41, 5.74) is 0.966. The third-order valence-corrected chi connectivity index (χ3v) is 2.92. The molecule has 1 heterocycles. The second kappa shape index (κ2) is 5.89. The highest BCUT2D eigenvalue weighted by Crippen LogP contribution is 2.28. The van der Waals surface area contributed by atoms with Crippen LogP contribution >= 0.6 is 0 Å². The number of para-hydroxylation sites is 1. The topological polar surface area (TPSA) is 28.6 Å². The van der Waals surface area contributed by atoms with Crippen molar-refractivity contribution < 1.29 is 4.74 Å². The van der Waals surface area contributed by atoms with Crippen molar-refractivity contribution in [2.45, 2.75) is 0 Å². The van der Waals surface area contributed by atoms with Crippen molar-refractivity contribution in [3.63, 3.8) is 0 Å². The van der Waals surface area contributed by atoms with E-state index in [1.54, 1.807) is 0 Å². The van der Waals surface area contributed by atoms with E-state index in [1.807, 2.05) is 63.4 Å². The van der Waals surface area contributed by atoms with Crippen LogP contribution in [-0.2, 0) is 0 Å². The molecule has 4 nitrogen and oxygen atoms in total. The Balaban J connectivity index is 2.33. The SMILES string of the molecule is CN(C)CCOc1cc(N(C)C)nc2ccccc12. The minimum absolute atomic E-state index is 0.674. The Hall–Kier alpha value is -1.81. The molecule has 0 amide bonds. The Labute approximate surface area is 114 Å². The van der Waals surface area contributed by atoms with E-state index in [2.05, 4.69) is 9.88 Å². The van der Waals surface area contributed by atoms with Crippen molar-refractivity contribution in [2.75, 3.05) is 46.2 Å². The molecular weight excluding hydrogens is 238 g/mol. The Bertz CT molecular complexity index is 552. The monoisotopic (exact) mass is 259 g/mol. The van der Waals surface area contributed by atoms with Gasteiger partial charge in [0.05, 0.1) is 5.52 Å². The van der Waals surface area contributed by atoms with Crippen LogP contribution in [0, 0.1) is 0 Å². The number of pyridine rings is 1. The number of anilines is 1. The molecule has 102 valence electrons. The molecule has 0 spiro atoms. The largest absolute Gasteiger partial charge is 0.491 e. The van der Waals surface area contributed by atoms with Crippen LogP contribution in [0.5, 0.6) is 5.75 Å².